The number of hydrogen-bond donors (Lipinski definition) is 2. The topological polar surface area (TPSA) is 49.5 Å². The molecule has 0 amide bonds. The Labute approximate surface area is 123 Å². The molecule has 1 aromatic carbocycles. The monoisotopic (exact) mass is 326 g/mol. The van der Waals surface area contributed by atoms with E-state index in [1.807, 2.05) is 6.92 Å². The predicted molar refractivity (Wildman–Crippen MR) is 83.4 cm³/mol. The van der Waals surface area contributed by atoms with Gasteiger partial charge in [0.05, 0.1) is 6.61 Å². The molecule has 0 bridgehead atoms. The van der Waals surface area contributed by atoms with Gasteiger partial charge in [-0.25, -0.2) is 0 Å². The molecule has 0 aliphatic heterocycles. The van der Waals surface area contributed by atoms with Gasteiger partial charge in [0, 0.05) is 28.8 Å². The van der Waals surface area contributed by atoms with Crippen molar-refractivity contribution in [3.8, 4) is 0 Å². The van der Waals surface area contributed by atoms with Crippen molar-refractivity contribution in [2.24, 2.45) is 5.73 Å². The molecule has 0 radical (unpaired) electrons. The highest BCUT2D eigenvalue weighted by molar-refractivity contribution is 9.10. The molecule has 1 aliphatic rings. The Morgan fingerprint density at radius 3 is 2.68 bits per heavy atom. The number of aliphatic hydroxyl groups excluding tert-OH is 1. The van der Waals surface area contributed by atoms with Gasteiger partial charge in [0.15, 0.2) is 0 Å². The second-order valence-electron chi connectivity index (χ2n) is 5.35. The molecule has 4 heteroatoms. The van der Waals surface area contributed by atoms with Gasteiger partial charge in [-0.2, -0.15) is 0 Å². The van der Waals surface area contributed by atoms with Gasteiger partial charge < -0.3 is 15.7 Å². The van der Waals surface area contributed by atoms with Crippen molar-refractivity contribution in [1.29, 1.82) is 0 Å². The molecular formula is C15H23BrN2O. The third-order valence-electron chi connectivity index (χ3n) is 3.90. The molecule has 0 saturated heterocycles. The van der Waals surface area contributed by atoms with Crippen LogP contribution in [0.15, 0.2) is 22.7 Å². The maximum absolute atomic E-state index is 9.36. The Bertz CT molecular complexity index is 417. The van der Waals surface area contributed by atoms with Crippen molar-refractivity contribution in [2.45, 2.75) is 44.7 Å². The lowest BCUT2D eigenvalue weighted by molar-refractivity contribution is 0.297. The number of nitrogens with two attached hydrogens (primary N) is 1. The van der Waals surface area contributed by atoms with Crippen LogP contribution in [0.1, 0.15) is 44.2 Å². The van der Waals surface area contributed by atoms with Gasteiger partial charge in [-0.15, -0.1) is 0 Å². The molecule has 3 nitrogen and oxygen atoms in total. The quantitative estimate of drug-likeness (QED) is 0.873. The first-order valence-corrected chi connectivity index (χ1v) is 7.85. The van der Waals surface area contributed by atoms with Crippen LogP contribution in [0, 0.1) is 0 Å². The van der Waals surface area contributed by atoms with Crippen LogP contribution < -0.4 is 10.6 Å². The molecule has 1 unspecified atom stereocenters. The molecule has 1 aliphatic carbocycles. The summed E-state index contributed by atoms with van der Waals surface area (Å²) in [5.74, 6) is 0. The van der Waals surface area contributed by atoms with E-state index in [0.29, 0.717) is 12.6 Å². The van der Waals surface area contributed by atoms with Gasteiger partial charge in [0.2, 0.25) is 0 Å². The maximum atomic E-state index is 9.36. The average molecular weight is 327 g/mol. The van der Waals surface area contributed by atoms with E-state index in [9.17, 15) is 5.11 Å². The van der Waals surface area contributed by atoms with E-state index in [-0.39, 0.29) is 12.6 Å². The highest BCUT2D eigenvalue weighted by Gasteiger charge is 2.24. The summed E-state index contributed by atoms with van der Waals surface area (Å²) in [5.41, 5.74) is 8.43. The molecule has 0 aromatic heterocycles. The number of nitrogens with zero attached hydrogens (tertiary/aromatic N) is 1. The molecule has 19 heavy (non-hydrogen) atoms. The third-order valence-corrected chi connectivity index (χ3v) is 4.39. The third kappa shape index (κ3) is 3.50. The SMILES string of the molecule is CC(N)c1cc(Br)ccc1N(CCO)C1CCCC1. The number of rotatable bonds is 5. The molecule has 1 saturated carbocycles. The fraction of sp³-hybridized carbons (Fsp3) is 0.600. The molecule has 1 atom stereocenters. The van der Waals surface area contributed by atoms with Crippen LogP contribution in [0.4, 0.5) is 5.69 Å². The van der Waals surface area contributed by atoms with Gasteiger partial charge in [-0.3, -0.25) is 0 Å². The van der Waals surface area contributed by atoms with Gasteiger partial charge >= 0.3 is 0 Å². The number of hydrogen-bond acceptors (Lipinski definition) is 3. The predicted octanol–water partition coefficient (Wildman–Crippen LogP) is 3.21. The fourth-order valence-electron chi connectivity index (χ4n) is 2.98. The smallest absolute Gasteiger partial charge is 0.0606 e. The molecular weight excluding hydrogens is 304 g/mol. The van der Waals surface area contributed by atoms with Crippen LogP contribution in [0.5, 0.6) is 0 Å². The summed E-state index contributed by atoms with van der Waals surface area (Å²) >= 11 is 3.51. The Balaban J connectivity index is 2.34. The van der Waals surface area contributed by atoms with Gasteiger partial charge in [-0.1, -0.05) is 28.8 Å². The van der Waals surface area contributed by atoms with Crippen LogP contribution in [0.25, 0.3) is 0 Å². The van der Waals surface area contributed by atoms with E-state index in [0.717, 1.165) is 10.0 Å². The van der Waals surface area contributed by atoms with Crippen molar-refractivity contribution < 1.29 is 5.11 Å². The molecule has 0 spiro atoms. The Hall–Kier alpha value is -0.580. The van der Waals surface area contributed by atoms with Gasteiger partial charge in [0.25, 0.3) is 0 Å². The van der Waals surface area contributed by atoms with Crippen molar-refractivity contribution in [3.05, 3.63) is 28.2 Å². The fourth-order valence-corrected chi connectivity index (χ4v) is 3.35. The minimum absolute atomic E-state index is 0.00454. The minimum atomic E-state index is -0.00454. The van der Waals surface area contributed by atoms with Gasteiger partial charge in [0.1, 0.15) is 0 Å². The van der Waals surface area contributed by atoms with Gasteiger partial charge in [-0.05, 0) is 43.5 Å². The highest BCUT2D eigenvalue weighted by Crippen LogP contribution is 2.33. The first-order chi connectivity index (χ1) is 9.13. The lowest BCUT2D eigenvalue weighted by atomic mass is 10.0. The largest absolute Gasteiger partial charge is 0.395 e. The average Bonchev–Trinajstić information content (AvgIpc) is 2.90. The maximum Gasteiger partial charge on any atom is 0.0606 e. The van der Waals surface area contributed by atoms with E-state index in [2.05, 4.69) is 39.0 Å². The first kappa shape index (κ1) is 14.8. The second kappa shape index (κ2) is 6.73. The second-order valence-corrected chi connectivity index (χ2v) is 6.26. The van der Waals surface area contributed by atoms with Crippen LogP contribution in [0.2, 0.25) is 0 Å². The number of benzene rings is 1. The van der Waals surface area contributed by atoms with E-state index < -0.39 is 0 Å². The Morgan fingerprint density at radius 2 is 2.11 bits per heavy atom. The van der Waals surface area contributed by atoms with E-state index in [1.54, 1.807) is 0 Å². The summed E-state index contributed by atoms with van der Waals surface area (Å²) in [6, 6.07) is 6.82. The highest BCUT2D eigenvalue weighted by atomic mass is 79.9. The first-order valence-electron chi connectivity index (χ1n) is 7.06. The number of anilines is 1. The van der Waals surface area contributed by atoms with Crippen molar-refractivity contribution >= 4 is 21.6 Å². The van der Waals surface area contributed by atoms with Crippen molar-refractivity contribution in [3.63, 3.8) is 0 Å². The lowest BCUT2D eigenvalue weighted by Crippen LogP contribution is -2.36. The van der Waals surface area contributed by atoms with E-state index in [4.69, 9.17) is 5.73 Å². The standard InChI is InChI=1S/C15H23BrN2O/c1-11(17)14-10-12(16)6-7-15(14)18(8-9-19)13-4-2-3-5-13/h6-7,10-11,13,19H,2-5,8-9,17H2,1H3. The lowest BCUT2D eigenvalue weighted by Gasteiger charge is -2.33. The zero-order valence-corrected chi connectivity index (χ0v) is 13.1. The van der Waals surface area contributed by atoms with Crippen molar-refractivity contribution in [2.75, 3.05) is 18.1 Å². The molecule has 1 fully saturated rings. The summed E-state index contributed by atoms with van der Waals surface area (Å²) in [6.45, 7) is 2.88. The van der Waals surface area contributed by atoms with E-state index >= 15 is 0 Å². The number of aliphatic hydroxyl groups is 1. The molecule has 2 rings (SSSR count). The summed E-state index contributed by atoms with van der Waals surface area (Å²) in [7, 11) is 0. The van der Waals surface area contributed by atoms with Crippen LogP contribution >= 0.6 is 15.9 Å². The normalized spacial score (nSPS) is 17.7. The molecule has 106 valence electrons. The minimum Gasteiger partial charge on any atom is -0.395 e. The van der Waals surface area contributed by atoms with Crippen LogP contribution in [-0.2, 0) is 0 Å². The summed E-state index contributed by atoms with van der Waals surface area (Å²) in [6.07, 6.45) is 5.01. The zero-order chi connectivity index (χ0) is 13.8. The summed E-state index contributed by atoms with van der Waals surface area (Å²) in [4.78, 5) is 2.35. The number of halogens is 1. The molecule has 1 aromatic rings. The zero-order valence-electron chi connectivity index (χ0n) is 11.5. The van der Waals surface area contributed by atoms with E-state index in [1.165, 1.54) is 31.4 Å². The van der Waals surface area contributed by atoms with Crippen LogP contribution in [-0.4, -0.2) is 24.3 Å². The summed E-state index contributed by atoms with van der Waals surface area (Å²) < 4.78 is 1.05. The van der Waals surface area contributed by atoms with Crippen molar-refractivity contribution in [1.82, 2.24) is 0 Å². The summed E-state index contributed by atoms with van der Waals surface area (Å²) in [5, 5.41) is 9.36. The molecule has 3 N–H and O–H groups in total. The van der Waals surface area contributed by atoms with Crippen LogP contribution in [0.3, 0.4) is 0 Å². The molecule has 0 heterocycles. The Morgan fingerprint density at radius 1 is 1.42 bits per heavy atom. The Kier molecular flexibility index (Phi) is 5.25.